The fourth-order valence-electron chi connectivity index (χ4n) is 5.88. The molecule has 2 aromatic heterocycles. The molecule has 0 N–H and O–H groups in total. The first kappa shape index (κ1) is 23.0. The second kappa shape index (κ2) is 7.31. The predicted molar refractivity (Wildman–Crippen MR) is 109 cm³/mol. The van der Waals surface area contributed by atoms with Crippen molar-refractivity contribution in [2.45, 2.75) is 37.8 Å². The van der Waals surface area contributed by atoms with E-state index in [2.05, 4.69) is 15.1 Å². The van der Waals surface area contributed by atoms with E-state index in [1.807, 2.05) is 4.90 Å². The van der Waals surface area contributed by atoms with Crippen LogP contribution in [0.3, 0.4) is 0 Å². The molecule has 0 radical (unpaired) electrons. The van der Waals surface area contributed by atoms with E-state index in [1.165, 1.54) is 4.68 Å². The van der Waals surface area contributed by atoms with E-state index < -0.39 is 23.9 Å². The lowest BCUT2D eigenvalue weighted by molar-refractivity contribution is -0.145. The molecule has 35 heavy (non-hydrogen) atoms. The Hall–Kier alpha value is -2.42. The van der Waals surface area contributed by atoms with Crippen molar-refractivity contribution in [3.8, 4) is 0 Å². The fourth-order valence-corrected chi connectivity index (χ4v) is 6.72. The van der Waals surface area contributed by atoms with Crippen LogP contribution < -0.4 is 0 Å². The third-order valence-electron chi connectivity index (χ3n) is 7.44. The Morgan fingerprint density at radius 2 is 1.60 bits per heavy atom. The van der Waals surface area contributed by atoms with Crippen LogP contribution in [-0.4, -0.2) is 79.7 Å². The molecule has 3 saturated heterocycles. The lowest BCUT2D eigenvalue weighted by Gasteiger charge is -2.63. The van der Waals surface area contributed by atoms with Crippen LogP contribution in [-0.2, 0) is 18.9 Å². The zero-order valence-corrected chi connectivity index (χ0v) is 19.1. The summed E-state index contributed by atoms with van der Waals surface area (Å²) in [6.45, 7) is 4.25. The number of carbonyl (C=O) groups excluding carboxylic acids is 1. The molecule has 0 unspecified atom stereocenters. The second-order valence-corrected chi connectivity index (χ2v) is 11.3. The monoisotopic (exact) mass is 521 g/mol. The van der Waals surface area contributed by atoms with Crippen LogP contribution in [0.2, 0.25) is 0 Å². The number of nitrogens with zero attached hydrogens (tertiary/aromatic N) is 7. The van der Waals surface area contributed by atoms with Gasteiger partial charge in [0.15, 0.2) is 5.69 Å². The highest BCUT2D eigenvalue weighted by molar-refractivity contribution is 7.09. The minimum Gasteiger partial charge on any atom is -0.323 e. The molecular formula is C20H21F6N7OS. The summed E-state index contributed by atoms with van der Waals surface area (Å²) in [4.78, 5) is 25.4. The van der Waals surface area contributed by atoms with Crippen molar-refractivity contribution in [2.24, 2.45) is 10.8 Å². The van der Waals surface area contributed by atoms with Gasteiger partial charge in [0, 0.05) is 55.5 Å². The lowest BCUT2D eigenvalue weighted by Crippen LogP contribution is -2.75. The molecule has 5 heterocycles. The van der Waals surface area contributed by atoms with Crippen molar-refractivity contribution < 1.29 is 31.1 Å². The molecule has 15 heteroatoms. The molecule has 4 aliphatic rings. The first-order chi connectivity index (χ1) is 16.3. The normalized spacial score (nSPS) is 23.7. The maximum absolute atomic E-state index is 12.8. The Bertz CT molecular complexity index is 1130. The van der Waals surface area contributed by atoms with Crippen LogP contribution in [0.15, 0.2) is 11.7 Å². The van der Waals surface area contributed by atoms with E-state index in [9.17, 15) is 31.1 Å². The van der Waals surface area contributed by atoms with Gasteiger partial charge in [0.05, 0.1) is 12.6 Å². The van der Waals surface area contributed by atoms with Gasteiger partial charge in [-0.1, -0.05) is 0 Å². The van der Waals surface area contributed by atoms with Crippen molar-refractivity contribution in [3.05, 3.63) is 28.2 Å². The van der Waals surface area contributed by atoms with Gasteiger partial charge in [-0.15, -0.1) is 16.4 Å². The molecule has 0 atom stereocenters. The van der Waals surface area contributed by atoms with Crippen molar-refractivity contribution in [1.82, 2.24) is 34.4 Å². The SMILES string of the molecule is O=C(N1CC2(CC(n3cnc(C(F)(F)F)n3)C2)C1)N1CC2(CN(Cc3nc(C(F)(F)F)cs3)C2)C1. The standard InChI is InChI=1S/C20H21F6N7OS/c21-19(22,23)13-4-35-14(28-13)3-30-5-18(6-30)9-32(10-18)16(34)31-7-17(8-31)1-12(2-17)33-11-27-15(29-33)20(24,25)26/h4,11-12H,1-3,5-10H2. The second-order valence-electron chi connectivity index (χ2n) is 10.4. The zero-order chi connectivity index (χ0) is 24.8. The third kappa shape index (κ3) is 3.96. The Morgan fingerprint density at radius 3 is 2.14 bits per heavy atom. The summed E-state index contributed by atoms with van der Waals surface area (Å²) in [6, 6.07) is -0.160. The summed E-state index contributed by atoms with van der Waals surface area (Å²) in [7, 11) is 0. The number of aromatic nitrogens is 4. The quantitative estimate of drug-likeness (QED) is 0.580. The fraction of sp³-hybridized carbons (Fsp3) is 0.700. The van der Waals surface area contributed by atoms with Crippen molar-refractivity contribution in [2.75, 3.05) is 39.3 Å². The molecule has 0 aromatic carbocycles. The molecule has 1 aliphatic carbocycles. The molecular weight excluding hydrogens is 500 g/mol. The minimum absolute atomic E-state index is 0.00712. The van der Waals surface area contributed by atoms with Gasteiger partial charge >= 0.3 is 18.4 Å². The lowest BCUT2D eigenvalue weighted by atomic mass is 9.60. The largest absolute Gasteiger partial charge is 0.453 e. The Labute approximate surface area is 199 Å². The van der Waals surface area contributed by atoms with E-state index in [0.717, 1.165) is 36.1 Å². The van der Waals surface area contributed by atoms with E-state index in [1.54, 1.807) is 9.80 Å². The van der Waals surface area contributed by atoms with Gasteiger partial charge < -0.3 is 9.80 Å². The van der Waals surface area contributed by atoms with Crippen molar-refractivity contribution in [3.63, 3.8) is 0 Å². The molecule has 6 rings (SSSR count). The summed E-state index contributed by atoms with van der Waals surface area (Å²) in [6.07, 6.45) is -6.53. The smallest absolute Gasteiger partial charge is 0.323 e. The van der Waals surface area contributed by atoms with Crippen LogP contribution in [0.25, 0.3) is 0 Å². The molecule has 2 amide bonds. The van der Waals surface area contributed by atoms with E-state index in [-0.39, 0.29) is 22.9 Å². The minimum atomic E-state index is -4.56. The molecule has 0 bridgehead atoms. The van der Waals surface area contributed by atoms with Crippen LogP contribution in [0.1, 0.15) is 35.4 Å². The summed E-state index contributed by atoms with van der Waals surface area (Å²) in [5.74, 6) is -1.14. The number of likely N-dealkylation sites (tertiary alicyclic amines) is 3. The Balaban J connectivity index is 0.926. The number of hydrogen-bond acceptors (Lipinski definition) is 6. The number of thiazole rings is 1. The summed E-state index contributed by atoms with van der Waals surface area (Å²) < 4.78 is 77.4. The van der Waals surface area contributed by atoms with Crippen molar-refractivity contribution >= 4 is 17.4 Å². The molecule has 1 saturated carbocycles. The number of halogens is 6. The summed E-state index contributed by atoms with van der Waals surface area (Å²) >= 11 is 1.01. The highest BCUT2D eigenvalue weighted by Gasteiger charge is 2.58. The maximum atomic E-state index is 12.8. The van der Waals surface area contributed by atoms with Gasteiger partial charge in [-0.3, -0.25) is 4.90 Å². The van der Waals surface area contributed by atoms with E-state index in [4.69, 9.17) is 0 Å². The number of urea groups is 1. The van der Waals surface area contributed by atoms with Crippen LogP contribution in [0.5, 0.6) is 0 Å². The molecule has 3 aliphatic heterocycles. The molecule has 2 spiro atoms. The van der Waals surface area contributed by atoms with Crippen LogP contribution >= 0.6 is 11.3 Å². The third-order valence-corrected chi connectivity index (χ3v) is 8.27. The number of rotatable bonds is 3. The van der Waals surface area contributed by atoms with Gasteiger partial charge in [-0.25, -0.2) is 19.4 Å². The van der Waals surface area contributed by atoms with Gasteiger partial charge in [-0.2, -0.15) is 26.3 Å². The van der Waals surface area contributed by atoms with Crippen molar-refractivity contribution in [1.29, 1.82) is 0 Å². The van der Waals surface area contributed by atoms with Gasteiger partial charge in [-0.05, 0) is 12.8 Å². The first-order valence-electron chi connectivity index (χ1n) is 11.1. The van der Waals surface area contributed by atoms with E-state index in [0.29, 0.717) is 50.6 Å². The molecule has 8 nitrogen and oxygen atoms in total. The Kier molecular flexibility index (Phi) is 4.80. The maximum Gasteiger partial charge on any atom is 0.453 e. The molecule has 190 valence electrons. The topological polar surface area (TPSA) is 70.4 Å². The van der Waals surface area contributed by atoms with Gasteiger partial charge in [0.25, 0.3) is 5.82 Å². The summed E-state index contributed by atoms with van der Waals surface area (Å²) in [5.41, 5.74) is -0.901. The van der Waals surface area contributed by atoms with Crippen LogP contribution in [0.4, 0.5) is 31.1 Å². The van der Waals surface area contributed by atoms with Crippen LogP contribution in [0, 0.1) is 10.8 Å². The number of hydrogen-bond donors (Lipinski definition) is 0. The average molecular weight is 521 g/mol. The number of alkyl halides is 6. The predicted octanol–water partition coefficient (Wildman–Crippen LogP) is 3.35. The summed E-state index contributed by atoms with van der Waals surface area (Å²) in [5, 5.41) is 5.01. The first-order valence-corrected chi connectivity index (χ1v) is 12.0. The number of carbonyl (C=O) groups is 1. The molecule has 4 fully saturated rings. The van der Waals surface area contributed by atoms with Gasteiger partial charge in [0.1, 0.15) is 11.3 Å². The Morgan fingerprint density at radius 1 is 0.971 bits per heavy atom. The zero-order valence-electron chi connectivity index (χ0n) is 18.3. The number of amides is 2. The average Bonchev–Trinajstić information content (AvgIpc) is 3.29. The highest BCUT2D eigenvalue weighted by atomic mass is 32.1. The highest BCUT2D eigenvalue weighted by Crippen LogP contribution is 2.54. The van der Waals surface area contributed by atoms with Gasteiger partial charge in [0.2, 0.25) is 0 Å². The molecule has 2 aromatic rings. The van der Waals surface area contributed by atoms with E-state index >= 15 is 0 Å².